The van der Waals surface area contributed by atoms with E-state index < -0.39 is 77.4 Å². The van der Waals surface area contributed by atoms with Crippen LogP contribution in [0, 0.1) is 11.8 Å². The van der Waals surface area contributed by atoms with Gasteiger partial charge < -0.3 is 40.5 Å². The molecule has 16 heteroatoms. The molecule has 54 heavy (non-hydrogen) atoms. The van der Waals surface area contributed by atoms with Gasteiger partial charge in [-0.25, -0.2) is 4.79 Å². The van der Waals surface area contributed by atoms with Gasteiger partial charge in [-0.05, 0) is 91.4 Å². The monoisotopic (exact) mass is 780 g/mol. The molecule has 306 valence electrons. The summed E-state index contributed by atoms with van der Waals surface area (Å²) in [5.41, 5.74) is -1.42. The van der Waals surface area contributed by atoms with Gasteiger partial charge in [-0.2, -0.15) is 0 Å². The average Bonchev–Trinajstić information content (AvgIpc) is 3.52. The number of ketones is 1. The number of methoxy groups -OCH3 is 1. The summed E-state index contributed by atoms with van der Waals surface area (Å²) in [5, 5.41) is 11.9. The van der Waals surface area contributed by atoms with E-state index in [0.717, 1.165) is 32.1 Å². The molecule has 0 spiro atoms. The van der Waals surface area contributed by atoms with Gasteiger partial charge in [0.2, 0.25) is 29.4 Å². The predicted molar refractivity (Wildman–Crippen MR) is 207 cm³/mol. The molecule has 15 nitrogen and oxygen atoms in total. The minimum Gasteiger partial charge on any atom is -0.444 e. The molecule has 1 saturated heterocycles. The van der Waals surface area contributed by atoms with Crippen LogP contribution in [0.4, 0.5) is 4.79 Å². The van der Waals surface area contributed by atoms with Gasteiger partial charge in [-0.15, -0.1) is 11.8 Å². The third kappa shape index (κ3) is 14.2. The number of likely N-dealkylation sites (tertiary alicyclic amines) is 1. The number of alkyl carbamates (subject to hydrolysis) is 1. The van der Waals surface area contributed by atoms with Gasteiger partial charge in [-0.1, -0.05) is 32.3 Å². The van der Waals surface area contributed by atoms with Crippen LogP contribution in [0.2, 0.25) is 0 Å². The number of hydrogen-bond acceptors (Lipinski definition) is 10. The Morgan fingerprint density at radius 3 is 2.11 bits per heavy atom. The maximum Gasteiger partial charge on any atom is 0.408 e. The van der Waals surface area contributed by atoms with Crippen molar-refractivity contribution in [1.82, 2.24) is 31.1 Å². The van der Waals surface area contributed by atoms with E-state index in [9.17, 15) is 33.6 Å². The summed E-state index contributed by atoms with van der Waals surface area (Å²) in [6.45, 7) is 13.6. The highest BCUT2D eigenvalue weighted by molar-refractivity contribution is 8.02. The van der Waals surface area contributed by atoms with Crippen molar-refractivity contribution in [2.45, 2.75) is 141 Å². The molecule has 5 unspecified atom stereocenters. The molecular formula is C38H64N6O9S. The number of likely N-dealkylation sites (N-methyl/N-ethyl adjacent to an activating group) is 1. The van der Waals surface area contributed by atoms with Crippen LogP contribution in [0.1, 0.15) is 100 Å². The number of Topliss-reactive ketones (excluding diaryl/α,β-unsaturated/α-hetero) is 1. The first kappa shape index (κ1) is 46.5. The van der Waals surface area contributed by atoms with Gasteiger partial charge in [0.1, 0.15) is 23.7 Å². The van der Waals surface area contributed by atoms with Crippen molar-refractivity contribution in [3.05, 3.63) is 11.5 Å². The molecule has 2 aliphatic rings. The summed E-state index contributed by atoms with van der Waals surface area (Å²) in [4.78, 5) is 96.0. The van der Waals surface area contributed by atoms with Crippen molar-refractivity contribution in [2.24, 2.45) is 11.8 Å². The lowest BCUT2D eigenvalue weighted by atomic mass is 9.83. The number of hydrogen-bond donors (Lipinski definition) is 4. The highest BCUT2D eigenvalue weighted by atomic mass is 32.2. The number of ether oxygens (including phenoxy) is 2. The van der Waals surface area contributed by atoms with E-state index in [1.165, 1.54) is 28.5 Å². The van der Waals surface area contributed by atoms with Crippen molar-refractivity contribution in [3.8, 4) is 0 Å². The first-order chi connectivity index (χ1) is 25.1. The number of thioether (sulfide) groups is 1. The lowest BCUT2D eigenvalue weighted by Crippen LogP contribution is -2.59. The normalized spacial score (nSPS) is 20.3. The fraction of sp³-hybridized carbons (Fsp3) is 0.763. The molecule has 4 N–H and O–H groups in total. The summed E-state index contributed by atoms with van der Waals surface area (Å²) in [7, 11) is 4.71. The van der Waals surface area contributed by atoms with E-state index >= 15 is 0 Å². The van der Waals surface area contributed by atoms with Gasteiger partial charge in [0.05, 0.1) is 18.2 Å². The first-order valence-corrected chi connectivity index (χ1v) is 19.8. The molecule has 2 rings (SSSR count). The molecule has 0 aromatic heterocycles. The van der Waals surface area contributed by atoms with Crippen LogP contribution in [0.25, 0.3) is 0 Å². The number of carbonyl (C=O) groups is 7. The van der Waals surface area contributed by atoms with Crippen molar-refractivity contribution < 1.29 is 43.0 Å². The third-order valence-electron chi connectivity index (χ3n) is 9.75. The topological polar surface area (TPSA) is 193 Å². The van der Waals surface area contributed by atoms with Crippen molar-refractivity contribution in [1.29, 1.82) is 0 Å². The van der Waals surface area contributed by atoms with Crippen LogP contribution < -0.4 is 21.3 Å². The fourth-order valence-corrected chi connectivity index (χ4v) is 7.57. The van der Waals surface area contributed by atoms with Gasteiger partial charge in [0, 0.05) is 33.0 Å². The van der Waals surface area contributed by atoms with E-state index in [2.05, 4.69) is 21.3 Å². The molecule has 0 radical (unpaired) electrons. The summed E-state index contributed by atoms with van der Waals surface area (Å²) in [6.07, 6.45) is 6.30. The number of nitrogens with zero attached hydrogens (tertiary/aromatic N) is 2. The Balaban J connectivity index is 2.23. The van der Waals surface area contributed by atoms with E-state index in [4.69, 9.17) is 9.47 Å². The smallest absolute Gasteiger partial charge is 0.408 e. The van der Waals surface area contributed by atoms with Crippen LogP contribution in [-0.2, 0) is 38.2 Å². The molecule has 6 atom stereocenters. The molecule has 1 aliphatic heterocycles. The van der Waals surface area contributed by atoms with E-state index in [-0.39, 0.29) is 29.5 Å². The Labute approximate surface area is 325 Å². The maximum absolute atomic E-state index is 14.4. The van der Waals surface area contributed by atoms with Crippen molar-refractivity contribution in [2.75, 3.05) is 34.3 Å². The molecule has 0 aromatic rings. The molecule has 0 bridgehead atoms. The SMILES string of the molecule is C/C=C\SC(C)C(NC(=O)CNC(=O)C(=O)C(C)NC(=O)C1[C@@H](CC(C)(C)OC)CCN1C(=O)C(NC(=O)OC(C)(C)C)C1CCCCC1)C(=O)N(C)C. The molecule has 1 aliphatic carbocycles. The van der Waals surface area contributed by atoms with Crippen LogP contribution in [0.15, 0.2) is 11.5 Å². The summed E-state index contributed by atoms with van der Waals surface area (Å²) in [5.74, 6) is -4.63. The molecule has 0 aromatic carbocycles. The lowest BCUT2D eigenvalue weighted by Gasteiger charge is -2.36. The molecule has 1 saturated carbocycles. The lowest BCUT2D eigenvalue weighted by molar-refractivity contribution is -0.144. The third-order valence-corrected chi connectivity index (χ3v) is 10.9. The largest absolute Gasteiger partial charge is 0.444 e. The zero-order chi connectivity index (χ0) is 41.0. The van der Waals surface area contributed by atoms with Gasteiger partial charge in [-0.3, -0.25) is 28.8 Å². The van der Waals surface area contributed by atoms with Crippen LogP contribution >= 0.6 is 11.8 Å². The van der Waals surface area contributed by atoms with Crippen molar-refractivity contribution in [3.63, 3.8) is 0 Å². The van der Waals surface area contributed by atoms with Crippen molar-refractivity contribution >= 4 is 53.2 Å². The second-order valence-corrected chi connectivity index (χ2v) is 17.4. The molecule has 1 heterocycles. The Hall–Kier alpha value is -3.66. The fourth-order valence-electron chi connectivity index (χ4n) is 6.82. The van der Waals surface area contributed by atoms with Crippen LogP contribution in [-0.4, -0.2) is 126 Å². The van der Waals surface area contributed by atoms with E-state index in [0.29, 0.717) is 12.8 Å². The van der Waals surface area contributed by atoms with E-state index in [1.807, 2.05) is 26.8 Å². The Morgan fingerprint density at radius 2 is 1.56 bits per heavy atom. The van der Waals surface area contributed by atoms with Gasteiger partial charge in [0.15, 0.2) is 0 Å². The van der Waals surface area contributed by atoms with Crippen LogP contribution in [0.3, 0.4) is 0 Å². The highest BCUT2D eigenvalue weighted by Crippen LogP contribution is 2.35. The zero-order valence-electron chi connectivity index (χ0n) is 34.0. The molecule has 2 fully saturated rings. The van der Waals surface area contributed by atoms with Gasteiger partial charge >= 0.3 is 6.09 Å². The number of rotatable bonds is 17. The maximum atomic E-state index is 14.4. The zero-order valence-corrected chi connectivity index (χ0v) is 34.9. The Kier molecular flexibility index (Phi) is 18.0. The summed E-state index contributed by atoms with van der Waals surface area (Å²) >= 11 is 1.36. The quantitative estimate of drug-likeness (QED) is 0.160. The van der Waals surface area contributed by atoms with Crippen LogP contribution in [0.5, 0.6) is 0 Å². The number of nitrogens with one attached hydrogen (secondary N) is 4. The Bertz CT molecular complexity index is 1370. The van der Waals surface area contributed by atoms with Gasteiger partial charge in [0.25, 0.3) is 5.91 Å². The predicted octanol–water partition coefficient (Wildman–Crippen LogP) is 2.91. The first-order valence-electron chi connectivity index (χ1n) is 18.9. The number of carbonyl (C=O) groups excluding carboxylic acids is 7. The minimum absolute atomic E-state index is 0.148. The molecular weight excluding hydrogens is 717 g/mol. The Morgan fingerprint density at radius 1 is 0.926 bits per heavy atom. The minimum atomic E-state index is -1.30. The number of allylic oxidation sites excluding steroid dienone is 1. The molecule has 6 amide bonds. The highest BCUT2D eigenvalue weighted by Gasteiger charge is 2.47. The second-order valence-electron chi connectivity index (χ2n) is 16.1. The summed E-state index contributed by atoms with van der Waals surface area (Å²) < 4.78 is 11.2. The average molecular weight is 781 g/mol. The second kappa shape index (κ2) is 20.9. The summed E-state index contributed by atoms with van der Waals surface area (Å²) in [6, 6.07) is -4.12. The van der Waals surface area contributed by atoms with E-state index in [1.54, 1.807) is 54.3 Å². The number of amides is 6. The standard InChI is InChI=1S/C38H64N6O9S/c1-12-20-54-24(3)28(34(49)43(9)10)41-27(45)22-39-33(48)31(46)23(2)40-32(47)30-26(21-38(7,8)52-11)18-19-44(30)35(50)29(25-16-14-13-15-17-25)42-36(51)53-37(4,5)6/h12,20,23-26,28-30H,13-19,21-22H2,1-11H3,(H,39,48)(H,40,47)(H,41,45)(H,42,51)/b20-12-/t23?,24?,26-,28?,29?,30?/m1/s1.